The Labute approximate surface area is 145 Å². The first kappa shape index (κ1) is 27.2. The molecule has 0 fully saturated rings. The highest BCUT2D eigenvalue weighted by Crippen LogP contribution is 2.30. The lowest BCUT2D eigenvalue weighted by atomic mass is 9.76. The summed E-state index contributed by atoms with van der Waals surface area (Å²) in [5.74, 6) is -1.60. The van der Waals surface area contributed by atoms with E-state index < -0.39 is 18.0 Å². The molecule has 142 valence electrons. The molecule has 0 aliphatic heterocycles. The number of hydrogen-bond donors (Lipinski definition) is 4. The Morgan fingerprint density at radius 2 is 1.33 bits per heavy atom. The van der Waals surface area contributed by atoms with Crippen molar-refractivity contribution < 1.29 is 30.0 Å². The molecule has 0 spiro atoms. The number of aliphatic hydroxyl groups excluding tert-OH is 2. The lowest BCUT2D eigenvalue weighted by Crippen LogP contribution is -2.39. The number of hydrogen-bond acceptors (Lipinski definition) is 4. The van der Waals surface area contributed by atoms with Crippen LogP contribution >= 0.6 is 0 Å². The van der Waals surface area contributed by atoms with Crippen LogP contribution < -0.4 is 0 Å². The van der Waals surface area contributed by atoms with Gasteiger partial charge in [0.05, 0.1) is 12.7 Å². The predicted octanol–water partition coefficient (Wildman–Crippen LogP) is 3.10. The molecule has 0 radical (unpaired) electrons. The highest BCUT2D eigenvalue weighted by atomic mass is 16.4. The van der Waals surface area contributed by atoms with Crippen LogP contribution in [-0.4, -0.2) is 45.1 Å². The van der Waals surface area contributed by atoms with Gasteiger partial charge in [-0.3, -0.25) is 0 Å². The number of carboxylic acid groups (broad SMARTS) is 2. The van der Waals surface area contributed by atoms with Crippen LogP contribution in [0.5, 0.6) is 0 Å². The van der Waals surface area contributed by atoms with E-state index in [9.17, 15) is 14.7 Å². The van der Waals surface area contributed by atoms with Gasteiger partial charge in [0.1, 0.15) is 0 Å². The fourth-order valence-electron chi connectivity index (χ4n) is 1.32. The Hall–Kier alpha value is -1.66. The monoisotopic (exact) mass is 346 g/mol. The second-order valence-electron chi connectivity index (χ2n) is 6.17. The van der Waals surface area contributed by atoms with Crippen LogP contribution in [0, 0.1) is 11.3 Å². The molecular weight excluding hydrogens is 312 g/mol. The topological polar surface area (TPSA) is 115 Å². The first-order chi connectivity index (χ1) is 10.8. The minimum Gasteiger partial charge on any atom is -0.478 e. The van der Waals surface area contributed by atoms with Gasteiger partial charge in [0.2, 0.25) is 0 Å². The summed E-state index contributed by atoms with van der Waals surface area (Å²) in [5, 5.41) is 34.8. The van der Waals surface area contributed by atoms with Gasteiger partial charge in [0.25, 0.3) is 0 Å². The third-order valence-electron chi connectivity index (χ3n) is 3.80. The van der Waals surface area contributed by atoms with E-state index in [1.165, 1.54) is 13.8 Å². The van der Waals surface area contributed by atoms with Crippen molar-refractivity contribution in [3.8, 4) is 0 Å². The lowest BCUT2D eigenvalue weighted by Gasteiger charge is -2.35. The van der Waals surface area contributed by atoms with Crippen LogP contribution in [0.1, 0.15) is 54.4 Å². The third-order valence-corrected chi connectivity index (χ3v) is 3.80. The van der Waals surface area contributed by atoms with Crippen molar-refractivity contribution in [2.24, 2.45) is 11.3 Å². The maximum Gasteiger partial charge on any atom is 0.330 e. The molecule has 3 unspecified atom stereocenters. The molecule has 0 aromatic rings. The van der Waals surface area contributed by atoms with Gasteiger partial charge < -0.3 is 20.4 Å². The summed E-state index contributed by atoms with van der Waals surface area (Å²) in [4.78, 5) is 19.2. The zero-order chi connectivity index (χ0) is 20.1. The average Bonchev–Trinajstić information content (AvgIpc) is 2.53. The maximum atomic E-state index is 9.88. The molecule has 6 nitrogen and oxygen atoms in total. The van der Waals surface area contributed by atoms with E-state index in [1.807, 2.05) is 20.8 Å². The molecule has 0 aromatic carbocycles. The van der Waals surface area contributed by atoms with Crippen LogP contribution in [0.3, 0.4) is 0 Å². The zero-order valence-corrected chi connectivity index (χ0v) is 15.8. The summed E-state index contributed by atoms with van der Waals surface area (Å²) >= 11 is 0. The molecule has 0 amide bonds. The van der Waals surface area contributed by atoms with Gasteiger partial charge in [-0.1, -0.05) is 47.3 Å². The Morgan fingerprint density at radius 3 is 1.46 bits per heavy atom. The van der Waals surface area contributed by atoms with Gasteiger partial charge >= 0.3 is 11.9 Å². The van der Waals surface area contributed by atoms with Crippen LogP contribution in [0.25, 0.3) is 0 Å². The summed E-state index contributed by atoms with van der Waals surface area (Å²) in [6.07, 6.45) is 1.38. The van der Waals surface area contributed by atoms with Crippen molar-refractivity contribution in [2.45, 2.75) is 60.5 Å². The van der Waals surface area contributed by atoms with E-state index in [4.69, 9.17) is 15.3 Å². The first-order valence-electron chi connectivity index (χ1n) is 7.87. The highest BCUT2D eigenvalue weighted by molar-refractivity contribution is 5.85. The summed E-state index contributed by atoms with van der Waals surface area (Å²) in [5.41, 5.74) is 0.0279. The minimum absolute atomic E-state index is 0.0645. The molecule has 0 aromatic heterocycles. The number of aliphatic hydroxyl groups is 2. The van der Waals surface area contributed by atoms with E-state index in [2.05, 4.69) is 20.1 Å². The first-order valence-corrected chi connectivity index (χ1v) is 7.87. The van der Waals surface area contributed by atoms with Crippen LogP contribution in [0.2, 0.25) is 0 Å². The maximum absolute atomic E-state index is 9.88. The fraction of sp³-hybridized carbons (Fsp3) is 0.667. The minimum atomic E-state index is -0.935. The van der Waals surface area contributed by atoms with Gasteiger partial charge in [-0.05, 0) is 26.2 Å². The SMILES string of the molecule is C=C(C)C(=O)O.C=C(C)C(=O)O.CCC(C)C(O)C(C)(CC)CO. The van der Waals surface area contributed by atoms with Gasteiger partial charge in [-0.25, -0.2) is 9.59 Å². The van der Waals surface area contributed by atoms with Crippen molar-refractivity contribution in [1.29, 1.82) is 0 Å². The lowest BCUT2D eigenvalue weighted by molar-refractivity contribution is -0.133. The molecule has 0 aliphatic rings. The largest absolute Gasteiger partial charge is 0.478 e. The molecule has 0 saturated heterocycles. The Balaban J connectivity index is -0.000000309. The number of rotatable bonds is 7. The second-order valence-corrected chi connectivity index (χ2v) is 6.17. The van der Waals surface area contributed by atoms with E-state index in [0.717, 1.165) is 12.8 Å². The number of carbonyl (C=O) groups is 2. The molecule has 4 N–H and O–H groups in total. The van der Waals surface area contributed by atoms with Crippen LogP contribution in [0.15, 0.2) is 24.3 Å². The molecule has 0 saturated carbocycles. The molecule has 24 heavy (non-hydrogen) atoms. The van der Waals surface area contributed by atoms with Gasteiger partial charge in [-0.15, -0.1) is 0 Å². The van der Waals surface area contributed by atoms with Gasteiger partial charge in [0, 0.05) is 16.6 Å². The standard InChI is InChI=1S/C10H22O2.2C4H6O2/c1-5-8(3)9(12)10(4,6-2)7-11;2*1-3(2)4(5)6/h8-9,11-12H,5-7H2,1-4H3;2*1H2,2H3,(H,5,6). The number of carboxylic acids is 2. The smallest absolute Gasteiger partial charge is 0.330 e. The van der Waals surface area contributed by atoms with E-state index in [1.54, 1.807) is 0 Å². The molecule has 0 heterocycles. The van der Waals surface area contributed by atoms with Crippen LogP contribution in [-0.2, 0) is 9.59 Å². The summed E-state index contributed by atoms with van der Waals surface area (Å²) in [6.45, 7) is 17.3. The molecule has 0 bridgehead atoms. The molecule has 6 heteroatoms. The Kier molecular flexibility index (Phi) is 15.6. The summed E-state index contributed by atoms with van der Waals surface area (Å²) in [6, 6.07) is 0. The van der Waals surface area contributed by atoms with E-state index in [-0.39, 0.29) is 29.1 Å². The Morgan fingerprint density at radius 1 is 1.04 bits per heavy atom. The predicted molar refractivity (Wildman–Crippen MR) is 95.8 cm³/mol. The van der Waals surface area contributed by atoms with Gasteiger partial charge in [0.15, 0.2) is 0 Å². The Bertz CT molecular complexity index is 362. The van der Waals surface area contributed by atoms with Gasteiger partial charge in [-0.2, -0.15) is 0 Å². The zero-order valence-electron chi connectivity index (χ0n) is 15.8. The molecule has 0 rings (SSSR count). The van der Waals surface area contributed by atoms with E-state index in [0.29, 0.717) is 0 Å². The molecule has 3 atom stereocenters. The highest BCUT2D eigenvalue weighted by Gasteiger charge is 2.33. The quantitative estimate of drug-likeness (QED) is 0.527. The van der Waals surface area contributed by atoms with Crippen molar-refractivity contribution >= 4 is 11.9 Å². The van der Waals surface area contributed by atoms with Crippen molar-refractivity contribution in [3.63, 3.8) is 0 Å². The fourth-order valence-corrected chi connectivity index (χ4v) is 1.32. The second kappa shape index (κ2) is 13.7. The molecular formula is C18H34O6. The molecule has 0 aliphatic carbocycles. The summed E-state index contributed by atoms with van der Waals surface area (Å²) < 4.78 is 0. The third kappa shape index (κ3) is 12.8. The van der Waals surface area contributed by atoms with Crippen molar-refractivity contribution in [1.82, 2.24) is 0 Å². The average molecular weight is 346 g/mol. The van der Waals surface area contributed by atoms with E-state index >= 15 is 0 Å². The van der Waals surface area contributed by atoms with Crippen LogP contribution in [0.4, 0.5) is 0 Å². The van der Waals surface area contributed by atoms with Crippen molar-refractivity contribution in [3.05, 3.63) is 24.3 Å². The van der Waals surface area contributed by atoms with Crippen molar-refractivity contribution in [2.75, 3.05) is 6.61 Å². The normalized spacial score (nSPS) is 14.5. The summed E-state index contributed by atoms with van der Waals surface area (Å²) in [7, 11) is 0. The number of aliphatic carboxylic acids is 2.